The molecular formula is C23H12BrF3N2O3. The van der Waals surface area contributed by atoms with Crippen molar-refractivity contribution in [2.24, 2.45) is 0 Å². The van der Waals surface area contributed by atoms with Gasteiger partial charge in [0.25, 0.3) is 0 Å². The average molecular weight is 501 g/mol. The molecule has 0 aliphatic heterocycles. The molecule has 0 aliphatic rings. The molecule has 0 atom stereocenters. The Bertz CT molecular complexity index is 1270. The number of carbonyl (C=O) groups excluding carboxylic acids is 1. The van der Waals surface area contributed by atoms with Gasteiger partial charge in [0, 0.05) is 10.9 Å². The molecule has 0 N–H and O–H groups in total. The van der Waals surface area contributed by atoms with Crippen LogP contribution in [0.3, 0.4) is 0 Å². The summed E-state index contributed by atoms with van der Waals surface area (Å²) in [6, 6.07) is 15.1. The highest BCUT2D eigenvalue weighted by atomic mass is 79.9. The maximum Gasteiger partial charge on any atom is 0.338 e. The third-order valence-corrected chi connectivity index (χ3v) is 4.65. The minimum absolute atomic E-state index is 0.112. The van der Waals surface area contributed by atoms with Crippen LogP contribution in [-0.2, 0) is 4.74 Å². The third kappa shape index (κ3) is 4.43. The van der Waals surface area contributed by atoms with Gasteiger partial charge in [-0.1, -0.05) is 46.3 Å². The van der Waals surface area contributed by atoms with Crippen LogP contribution in [0.2, 0.25) is 0 Å². The summed E-state index contributed by atoms with van der Waals surface area (Å²) >= 11 is 3.15. The van der Waals surface area contributed by atoms with E-state index >= 15 is 0 Å². The van der Waals surface area contributed by atoms with Crippen LogP contribution in [0.25, 0.3) is 11.1 Å². The third-order valence-electron chi connectivity index (χ3n) is 4.33. The van der Waals surface area contributed by atoms with Gasteiger partial charge in [0.15, 0.2) is 11.6 Å². The number of esters is 1. The zero-order valence-corrected chi connectivity index (χ0v) is 17.8. The van der Waals surface area contributed by atoms with E-state index in [1.807, 2.05) is 0 Å². The molecule has 3 rings (SSSR count). The van der Waals surface area contributed by atoms with Gasteiger partial charge in [-0.15, -0.1) is 0 Å². The van der Waals surface area contributed by atoms with Crippen molar-refractivity contribution in [2.45, 2.75) is 0 Å². The van der Waals surface area contributed by atoms with E-state index in [1.165, 1.54) is 30.3 Å². The molecular weight excluding hydrogens is 489 g/mol. The quantitative estimate of drug-likeness (QED) is 0.240. The van der Waals surface area contributed by atoms with Crippen LogP contribution in [0.1, 0.15) is 21.5 Å². The SMILES string of the molecule is N#Cc1c(F)c(F)c(Oc2ccc(C(=O)OCCBr)cc2-c2ccccc2)c(F)c1C#N. The van der Waals surface area contributed by atoms with E-state index in [4.69, 9.17) is 20.0 Å². The summed E-state index contributed by atoms with van der Waals surface area (Å²) in [5.41, 5.74) is -1.07. The van der Waals surface area contributed by atoms with Crippen LogP contribution in [0.15, 0.2) is 48.5 Å². The van der Waals surface area contributed by atoms with Gasteiger partial charge in [-0.05, 0) is 23.8 Å². The minimum atomic E-state index is -1.75. The second-order valence-corrected chi connectivity index (χ2v) is 7.04. The summed E-state index contributed by atoms with van der Waals surface area (Å²) in [6.45, 7) is 0.135. The summed E-state index contributed by atoms with van der Waals surface area (Å²) < 4.78 is 53.9. The smallest absolute Gasteiger partial charge is 0.338 e. The molecule has 0 radical (unpaired) electrons. The van der Waals surface area contributed by atoms with E-state index in [9.17, 15) is 18.0 Å². The largest absolute Gasteiger partial charge is 0.461 e. The lowest BCUT2D eigenvalue weighted by Crippen LogP contribution is -2.08. The second-order valence-electron chi connectivity index (χ2n) is 6.25. The molecule has 3 aromatic rings. The van der Waals surface area contributed by atoms with E-state index in [0.29, 0.717) is 10.9 Å². The zero-order chi connectivity index (χ0) is 23.3. The number of benzene rings is 3. The molecule has 9 heteroatoms. The fourth-order valence-electron chi connectivity index (χ4n) is 2.85. The minimum Gasteiger partial charge on any atom is -0.461 e. The Labute approximate surface area is 189 Å². The average Bonchev–Trinajstić information content (AvgIpc) is 2.82. The molecule has 0 bridgehead atoms. The maximum absolute atomic E-state index is 14.7. The van der Waals surface area contributed by atoms with E-state index in [-0.39, 0.29) is 23.5 Å². The molecule has 0 spiro atoms. The lowest BCUT2D eigenvalue weighted by Gasteiger charge is -2.15. The van der Waals surface area contributed by atoms with E-state index in [2.05, 4.69) is 15.9 Å². The van der Waals surface area contributed by atoms with Crippen LogP contribution >= 0.6 is 15.9 Å². The summed E-state index contributed by atoms with van der Waals surface area (Å²) in [7, 11) is 0. The first-order valence-electron chi connectivity index (χ1n) is 9.04. The molecule has 3 aromatic carbocycles. The maximum atomic E-state index is 14.7. The Kier molecular flexibility index (Phi) is 7.14. The molecule has 5 nitrogen and oxygen atoms in total. The van der Waals surface area contributed by atoms with E-state index < -0.39 is 40.3 Å². The number of hydrogen-bond acceptors (Lipinski definition) is 5. The van der Waals surface area contributed by atoms with Crippen molar-refractivity contribution in [1.82, 2.24) is 0 Å². The topological polar surface area (TPSA) is 83.1 Å². The van der Waals surface area contributed by atoms with Crippen LogP contribution in [0, 0.1) is 40.1 Å². The highest BCUT2D eigenvalue weighted by Gasteiger charge is 2.27. The van der Waals surface area contributed by atoms with Crippen molar-refractivity contribution in [1.29, 1.82) is 10.5 Å². The van der Waals surface area contributed by atoms with Gasteiger partial charge >= 0.3 is 5.97 Å². The van der Waals surface area contributed by atoms with Crippen LogP contribution < -0.4 is 4.74 Å². The molecule has 160 valence electrons. The molecule has 0 heterocycles. The highest BCUT2D eigenvalue weighted by Crippen LogP contribution is 2.38. The van der Waals surface area contributed by atoms with Gasteiger partial charge in [-0.2, -0.15) is 14.9 Å². The summed E-state index contributed by atoms with van der Waals surface area (Å²) in [5, 5.41) is 18.5. The number of carbonyl (C=O) groups is 1. The van der Waals surface area contributed by atoms with E-state index in [1.54, 1.807) is 30.3 Å². The van der Waals surface area contributed by atoms with Gasteiger partial charge < -0.3 is 9.47 Å². The van der Waals surface area contributed by atoms with Gasteiger partial charge in [-0.25, -0.2) is 13.6 Å². The highest BCUT2D eigenvalue weighted by molar-refractivity contribution is 9.09. The van der Waals surface area contributed by atoms with Crippen LogP contribution in [0.5, 0.6) is 11.5 Å². The lowest BCUT2D eigenvalue weighted by atomic mass is 10.0. The first kappa shape index (κ1) is 22.9. The Morgan fingerprint density at radius 2 is 1.59 bits per heavy atom. The standard InChI is InChI=1S/C23H12BrF3N2O3/c24-8-9-31-23(30)14-6-7-18(15(10-14)13-4-2-1-3-5-13)32-22-20(26)17(12-29)16(11-28)19(25)21(22)27/h1-7,10H,8-9H2. The lowest BCUT2D eigenvalue weighted by molar-refractivity contribution is 0.0531. The normalized spacial score (nSPS) is 10.2. The molecule has 0 amide bonds. The Morgan fingerprint density at radius 1 is 0.938 bits per heavy atom. The first-order chi connectivity index (χ1) is 15.4. The predicted molar refractivity (Wildman–Crippen MR) is 112 cm³/mol. The number of hydrogen-bond donors (Lipinski definition) is 0. The molecule has 0 aliphatic carbocycles. The molecule has 0 fully saturated rings. The fourth-order valence-corrected chi connectivity index (χ4v) is 3.01. The number of rotatable bonds is 6. The van der Waals surface area contributed by atoms with Gasteiger partial charge in [0.1, 0.15) is 35.6 Å². The number of nitrogens with zero attached hydrogens (tertiary/aromatic N) is 2. The molecule has 0 unspecified atom stereocenters. The van der Waals surface area contributed by atoms with Crippen molar-refractivity contribution in [3.8, 4) is 34.8 Å². The molecule has 0 aromatic heterocycles. The monoisotopic (exact) mass is 500 g/mol. The summed E-state index contributed by atoms with van der Waals surface area (Å²) in [5.74, 6) is -6.87. The Balaban J connectivity index is 2.15. The van der Waals surface area contributed by atoms with Crippen molar-refractivity contribution in [3.05, 3.63) is 82.7 Å². The van der Waals surface area contributed by atoms with E-state index in [0.717, 1.165) is 0 Å². The van der Waals surface area contributed by atoms with Gasteiger partial charge in [0.05, 0.1) is 5.56 Å². The van der Waals surface area contributed by atoms with Crippen LogP contribution in [0.4, 0.5) is 13.2 Å². The summed E-state index contributed by atoms with van der Waals surface area (Å²) in [4.78, 5) is 12.2. The fraction of sp³-hybridized carbons (Fsp3) is 0.0870. The molecule has 0 saturated heterocycles. The Hall–Kier alpha value is -3.82. The number of nitriles is 2. The first-order valence-corrected chi connectivity index (χ1v) is 10.2. The number of alkyl halides is 1. The Morgan fingerprint density at radius 3 is 2.22 bits per heavy atom. The van der Waals surface area contributed by atoms with Gasteiger partial charge in [0.2, 0.25) is 11.6 Å². The van der Waals surface area contributed by atoms with Gasteiger partial charge in [-0.3, -0.25) is 0 Å². The predicted octanol–water partition coefficient (Wildman–Crippen LogP) is 5.86. The van der Waals surface area contributed by atoms with Crippen molar-refractivity contribution < 1.29 is 27.4 Å². The number of ether oxygens (including phenoxy) is 2. The van der Waals surface area contributed by atoms with Crippen molar-refractivity contribution in [3.63, 3.8) is 0 Å². The van der Waals surface area contributed by atoms with Crippen molar-refractivity contribution in [2.75, 3.05) is 11.9 Å². The molecule has 0 saturated carbocycles. The molecule has 32 heavy (non-hydrogen) atoms. The summed E-state index contributed by atoms with van der Waals surface area (Å²) in [6.07, 6.45) is 0. The van der Waals surface area contributed by atoms with Crippen LogP contribution in [-0.4, -0.2) is 17.9 Å². The second kappa shape index (κ2) is 9.99. The zero-order valence-electron chi connectivity index (χ0n) is 16.2. The number of halogens is 4. The van der Waals surface area contributed by atoms with Crippen molar-refractivity contribution >= 4 is 21.9 Å².